The van der Waals surface area contributed by atoms with Crippen molar-refractivity contribution >= 4 is 11.7 Å². The van der Waals surface area contributed by atoms with E-state index in [0.29, 0.717) is 35.3 Å². The van der Waals surface area contributed by atoms with Crippen LogP contribution >= 0.6 is 0 Å². The van der Waals surface area contributed by atoms with Gasteiger partial charge in [0.2, 0.25) is 5.91 Å². The number of hydrogen-bond donors (Lipinski definition) is 1. The average molecular weight is 358 g/mol. The van der Waals surface area contributed by atoms with Crippen LogP contribution in [0, 0.1) is 11.3 Å². The van der Waals surface area contributed by atoms with Gasteiger partial charge in [-0.15, -0.1) is 0 Å². The number of ether oxygens (including phenoxy) is 1. The Hall–Kier alpha value is -3.21. The molecule has 0 aliphatic carbocycles. The highest BCUT2D eigenvalue weighted by atomic mass is 19.3. The van der Waals surface area contributed by atoms with Gasteiger partial charge in [0.1, 0.15) is 23.2 Å². The fourth-order valence-electron chi connectivity index (χ4n) is 3.13. The molecule has 0 radical (unpaired) electrons. The Labute approximate surface area is 148 Å². The third-order valence-corrected chi connectivity index (χ3v) is 4.31. The van der Waals surface area contributed by atoms with E-state index < -0.39 is 6.61 Å². The van der Waals surface area contributed by atoms with Crippen molar-refractivity contribution in [3.63, 3.8) is 0 Å². The van der Waals surface area contributed by atoms with Crippen LogP contribution in [0.5, 0.6) is 5.75 Å². The van der Waals surface area contributed by atoms with Crippen LogP contribution in [-0.4, -0.2) is 28.9 Å². The fraction of sp³-hybridized carbons (Fsp3) is 0.278. The molecule has 8 heteroatoms. The van der Waals surface area contributed by atoms with E-state index >= 15 is 0 Å². The van der Waals surface area contributed by atoms with E-state index in [1.165, 1.54) is 13.0 Å². The monoisotopic (exact) mass is 358 g/mol. The molecular weight excluding hydrogens is 342 g/mol. The number of aromatic nitrogens is 1. The van der Waals surface area contributed by atoms with Gasteiger partial charge in [-0.2, -0.15) is 14.0 Å². The molecule has 0 atom stereocenters. The number of alkyl halides is 2. The number of fused-ring (bicyclic) bond motifs is 1. The van der Waals surface area contributed by atoms with Gasteiger partial charge in [0.15, 0.2) is 0 Å². The smallest absolute Gasteiger partial charge is 0.387 e. The topological polar surface area (TPSA) is 92.2 Å². The molecule has 0 bridgehead atoms. The second kappa shape index (κ2) is 6.96. The molecule has 2 heterocycles. The van der Waals surface area contributed by atoms with E-state index in [4.69, 9.17) is 5.73 Å². The molecule has 2 aromatic rings. The summed E-state index contributed by atoms with van der Waals surface area (Å²) in [5.74, 6) is -0.148. The SMILES string of the molecule is CC(=O)N1CCc2nc(N)c(C#N)c(-c3ccccc3OC(F)F)c2C1. The largest absolute Gasteiger partial charge is 0.434 e. The van der Waals surface area contributed by atoms with Crippen LogP contribution in [0.1, 0.15) is 23.7 Å². The lowest BCUT2D eigenvalue weighted by atomic mass is 9.90. The Morgan fingerprint density at radius 1 is 1.42 bits per heavy atom. The van der Waals surface area contributed by atoms with Crippen LogP contribution in [0.2, 0.25) is 0 Å². The van der Waals surface area contributed by atoms with E-state index in [1.54, 1.807) is 23.1 Å². The summed E-state index contributed by atoms with van der Waals surface area (Å²) in [5.41, 5.74) is 8.01. The van der Waals surface area contributed by atoms with E-state index in [1.807, 2.05) is 6.07 Å². The van der Waals surface area contributed by atoms with Gasteiger partial charge >= 0.3 is 6.61 Å². The summed E-state index contributed by atoms with van der Waals surface area (Å²) in [6, 6.07) is 8.20. The second-order valence-electron chi connectivity index (χ2n) is 5.85. The summed E-state index contributed by atoms with van der Waals surface area (Å²) in [6.45, 7) is -0.847. The molecule has 3 rings (SSSR count). The zero-order chi connectivity index (χ0) is 18.8. The highest BCUT2D eigenvalue weighted by Crippen LogP contribution is 2.39. The summed E-state index contributed by atoms with van der Waals surface area (Å²) in [4.78, 5) is 17.7. The number of nitrogen functional groups attached to an aromatic ring is 1. The molecular formula is C18H16F2N4O2. The van der Waals surface area contributed by atoms with Crippen LogP contribution in [0.3, 0.4) is 0 Å². The summed E-state index contributed by atoms with van der Waals surface area (Å²) >= 11 is 0. The van der Waals surface area contributed by atoms with Crippen LogP contribution in [0.25, 0.3) is 11.1 Å². The molecule has 1 amide bonds. The highest BCUT2D eigenvalue weighted by Gasteiger charge is 2.28. The number of nitrogens with zero attached hydrogens (tertiary/aromatic N) is 3. The quantitative estimate of drug-likeness (QED) is 0.911. The Balaban J connectivity index is 2.26. The molecule has 0 saturated heterocycles. The summed E-state index contributed by atoms with van der Waals surface area (Å²) in [7, 11) is 0. The van der Waals surface area contributed by atoms with Crippen LogP contribution < -0.4 is 10.5 Å². The van der Waals surface area contributed by atoms with Gasteiger partial charge in [0, 0.05) is 43.1 Å². The van der Waals surface area contributed by atoms with Crippen LogP contribution in [0.4, 0.5) is 14.6 Å². The molecule has 6 nitrogen and oxygen atoms in total. The minimum Gasteiger partial charge on any atom is -0.434 e. The number of pyridine rings is 1. The lowest BCUT2D eigenvalue weighted by Crippen LogP contribution is -2.35. The maximum atomic E-state index is 12.8. The predicted octanol–water partition coefficient (Wildman–Crippen LogP) is 2.71. The number of carbonyl (C=O) groups excluding carboxylic acids is 1. The van der Waals surface area contributed by atoms with Crippen LogP contribution in [-0.2, 0) is 17.8 Å². The molecule has 1 aliphatic heterocycles. The number of halogens is 2. The number of rotatable bonds is 3. The Kier molecular flexibility index (Phi) is 4.71. The first kappa shape index (κ1) is 17.6. The molecule has 0 fully saturated rings. The van der Waals surface area contributed by atoms with Crippen molar-refractivity contribution in [1.29, 1.82) is 5.26 Å². The first-order chi connectivity index (χ1) is 12.4. The maximum absolute atomic E-state index is 12.8. The van der Waals surface area contributed by atoms with E-state index in [-0.39, 0.29) is 29.6 Å². The van der Waals surface area contributed by atoms with Gasteiger partial charge in [-0.3, -0.25) is 4.79 Å². The summed E-state index contributed by atoms with van der Waals surface area (Å²) in [6.07, 6.45) is 0.468. The molecule has 134 valence electrons. The normalized spacial score (nSPS) is 13.3. The molecule has 2 N–H and O–H groups in total. The van der Waals surface area contributed by atoms with E-state index in [9.17, 15) is 18.8 Å². The first-order valence-electron chi connectivity index (χ1n) is 7.93. The number of nitrogens with two attached hydrogens (primary N) is 1. The zero-order valence-corrected chi connectivity index (χ0v) is 14.0. The number of benzene rings is 1. The van der Waals surface area contributed by atoms with Crippen molar-refractivity contribution in [2.75, 3.05) is 12.3 Å². The molecule has 0 saturated carbocycles. The third-order valence-electron chi connectivity index (χ3n) is 4.31. The molecule has 1 aromatic carbocycles. The third kappa shape index (κ3) is 3.16. The van der Waals surface area contributed by atoms with Gasteiger partial charge in [-0.25, -0.2) is 4.98 Å². The van der Waals surface area contributed by atoms with Gasteiger partial charge in [-0.05, 0) is 6.07 Å². The van der Waals surface area contributed by atoms with Gasteiger partial charge < -0.3 is 15.4 Å². The highest BCUT2D eigenvalue weighted by molar-refractivity contribution is 5.83. The van der Waals surface area contributed by atoms with Crippen molar-refractivity contribution in [2.24, 2.45) is 0 Å². The molecule has 1 aromatic heterocycles. The van der Waals surface area contributed by atoms with Crippen molar-refractivity contribution in [1.82, 2.24) is 9.88 Å². The van der Waals surface area contributed by atoms with Crippen molar-refractivity contribution in [3.8, 4) is 22.9 Å². The van der Waals surface area contributed by atoms with E-state index in [0.717, 1.165) is 0 Å². The standard InChI is InChI=1S/C18H16F2N4O2/c1-10(25)24-7-6-14-13(9-24)16(12(8-21)17(22)23-14)11-4-2-3-5-15(11)26-18(19)20/h2-5,18H,6-7,9H2,1H3,(H2,22,23). The average Bonchev–Trinajstić information content (AvgIpc) is 2.60. The maximum Gasteiger partial charge on any atom is 0.387 e. The second-order valence-corrected chi connectivity index (χ2v) is 5.85. The Morgan fingerprint density at radius 3 is 2.81 bits per heavy atom. The Morgan fingerprint density at radius 2 is 2.15 bits per heavy atom. The number of anilines is 1. The van der Waals surface area contributed by atoms with Gasteiger partial charge in [-0.1, -0.05) is 18.2 Å². The number of para-hydroxylation sites is 1. The predicted molar refractivity (Wildman–Crippen MR) is 90.2 cm³/mol. The minimum atomic E-state index is -3.01. The molecule has 0 unspecified atom stereocenters. The number of amides is 1. The number of hydrogen-bond acceptors (Lipinski definition) is 5. The van der Waals surface area contributed by atoms with Crippen molar-refractivity contribution < 1.29 is 18.3 Å². The molecule has 26 heavy (non-hydrogen) atoms. The number of carbonyl (C=O) groups is 1. The van der Waals surface area contributed by atoms with Crippen molar-refractivity contribution in [2.45, 2.75) is 26.5 Å². The fourth-order valence-corrected chi connectivity index (χ4v) is 3.13. The van der Waals surface area contributed by atoms with Crippen LogP contribution in [0.15, 0.2) is 24.3 Å². The number of nitriles is 1. The van der Waals surface area contributed by atoms with Gasteiger partial charge in [0.25, 0.3) is 0 Å². The first-order valence-corrected chi connectivity index (χ1v) is 7.93. The lowest BCUT2D eigenvalue weighted by molar-refractivity contribution is -0.129. The summed E-state index contributed by atoms with van der Waals surface area (Å²) < 4.78 is 30.2. The zero-order valence-electron chi connectivity index (χ0n) is 14.0. The van der Waals surface area contributed by atoms with E-state index in [2.05, 4.69) is 9.72 Å². The minimum absolute atomic E-state index is 0.0318. The Bertz CT molecular complexity index is 909. The van der Waals surface area contributed by atoms with Gasteiger partial charge in [0.05, 0.1) is 5.69 Å². The van der Waals surface area contributed by atoms with Crippen molar-refractivity contribution in [3.05, 3.63) is 41.1 Å². The molecule has 1 aliphatic rings. The summed E-state index contributed by atoms with van der Waals surface area (Å²) in [5, 5.41) is 9.57. The lowest BCUT2D eigenvalue weighted by Gasteiger charge is -2.30. The molecule has 0 spiro atoms.